The van der Waals surface area contributed by atoms with Gasteiger partial charge in [0.15, 0.2) is 12.2 Å². The lowest BCUT2D eigenvalue weighted by molar-refractivity contribution is -0.126. The Bertz CT molecular complexity index is 495. The number of halogens is 2. The molecule has 0 aliphatic rings. The lowest BCUT2D eigenvalue weighted by Crippen LogP contribution is -2.19. The quantitative estimate of drug-likeness (QED) is 0.893. The molecule has 1 aromatic carbocycles. The van der Waals surface area contributed by atoms with Crippen molar-refractivity contribution in [1.29, 1.82) is 0 Å². The van der Waals surface area contributed by atoms with Gasteiger partial charge in [0, 0.05) is 11.3 Å². The van der Waals surface area contributed by atoms with Crippen molar-refractivity contribution in [1.82, 2.24) is 4.98 Å². The van der Waals surface area contributed by atoms with E-state index in [1.807, 2.05) is 0 Å². The van der Waals surface area contributed by atoms with E-state index in [0.717, 1.165) is 5.56 Å². The van der Waals surface area contributed by atoms with E-state index in [2.05, 4.69) is 10.3 Å². The largest absolute Gasteiger partial charge is 0.444 e. The summed E-state index contributed by atoms with van der Waals surface area (Å²) in [6.45, 7) is 0. The van der Waals surface area contributed by atoms with Gasteiger partial charge in [-0.15, -0.1) is 0 Å². The van der Waals surface area contributed by atoms with Crippen LogP contribution in [0.1, 0.15) is 0 Å². The summed E-state index contributed by atoms with van der Waals surface area (Å²) in [6.07, 6.45) is -0.196. The number of hydrogen-bond donors (Lipinski definition) is 1. The molecule has 0 saturated carbocycles. The van der Waals surface area contributed by atoms with Crippen molar-refractivity contribution in [2.75, 3.05) is 5.32 Å². The number of alkyl halides is 2. The smallest absolute Gasteiger partial charge is 0.315 e. The number of carbonyl (C=O) groups is 1. The monoisotopic (exact) mass is 238 g/mol. The summed E-state index contributed by atoms with van der Waals surface area (Å²) in [7, 11) is 0. The van der Waals surface area contributed by atoms with E-state index in [-0.39, 0.29) is 0 Å². The fraction of sp³-hybridized carbons (Fsp3) is 0.0909. The highest BCUT2D eigenvalue weighted by molar-refractivity contribution is 5.93. The Labute approximate surface area is 95.3 Å². The van der Waals surface area contributed by atoms with Crippen LogP contribution in [0.3, 0.4) is 0 Å². The molecule has 4 nitrogen and oxygen atoms in total. The van der Waals surface area contributed by atoms with Crippen LogP contribution in [0, 0.1) is 0 Å². The number of aromatic nitrogens is 1. The molecule has 0 atom stereocenters. The van der Waals surface area contributed by atoms with Crippen molar-refractivity contribution in [3.05, 3.63) is 36.9 Å². The predicted octanol–water partition coefficient (Wildman–Crippen LogP) is 2.55. The van der Waals surface area contributed by atoms with E-state index < -0.39 is 12.3 Å². The number of nitrogens with zero attached hydrogens (tertiary/aromatic N) is 1. The van der Waals surface area contributed by atoms with Gasteiger partial charge in [0.1, 0.15) is 0 Å². The van der Waals surface area contributed by atoms with Gasteiger partial charge >= 0.3 is 6.43 Å². The van der Waals surface area contributed by atoms with E-state index >= 15 is 0 Å². The van der Waals surface area contributed by atoms with Gasteiger partial charge in [-0.2, -0.15) is 8.78 Å². The Hall–Kier alpha value is -2.24. The van der Waals surface area contributed by atoms with Crippen molar-refractivity contribution in [2.24, 2.45) is 0 Å². The molecule has 1 amide bonds. The third-order valence-electron chi connectivity index (χ3n) is 2.07. The fourth-order valence-electron chi connectivity index (χ4n) is 1.27. The number of anilines is 1. The maximum atomic E-state index is 12.0. The normalized spacial score (nSPS) is 10.5. The highest BCUT2D eigenvalue weighted by atomic mass is 19.3. The Morgan fingerprint density at radius 2 is 2.00 bits per heavy atom. The average molecular weight is 238 g/mol. The molecular weight excluding hydrogens is 230 g/mol. The van der Waals surface area contributed by atoms with Crippen molar-refractivity contribution < 1.29 is 18.0 Å². The van der Waals surface area contributed by atoms with Gasteiger partial charge < -0.3 is 9.73 Å². The van der Waals surface area contributed by atoms with Gasteiger partial charge in [-0.25, -0.2) is 4.98 Å². The van der Waals surface area contributed by atoms with Crippen LogP contribution in [-0.4, -0.2) is 17.3 Å². The van der Waals surface area contributed by atoms with Crippen LogP contribution in [-0.2, 0) is 4.79 Å². The molecule has 1 aromatic heterocycles. The summed E-state index contributed by atoms with van der Waals surface area (Å²) in [6, 6.07) is 6.31. The topological polar surface area (TPSA) is 55.1 Å². The van der Waals surface area contributed by atoms with Crippen molar-refractivity contribution >= 4 is 11.6 Å². The van der Waals surface area contributed by atoms with Crippen molar-refractivity contribution in [3.63, 3.8) is 0 Å². The van der Waals surface area contributed by atoms with E-state index in [1.165, 1.54) is 24.7 Å². The average Bonchev–Trinajstić information content (AvgIpc) is 2.83. The molecule has 2 rings (SSSR count). The Morgan fingerprint density at radius 3 is 2.53 bits per heavy atom. The zero-order chi connectivity index (χ0) is 12.3. The molecular formula is C11H8F2N2O2. The molecule has 0 aliphatic carbocycles. The maximum absolute atomic E-state index is 12.0. The first-order valence-corrected chi connectivity index (χ1v) is 4.75. The minimum atomic E-state index is -3.02. The SMILES string of the molecule is O=C(Nc1ccc(-c2cnco2)cc1)C(F)F. The minimum absolute atomic E-state index is 0.304. The van der Waals surface area contributed by atoms with Crippen LogP contribution in [0.4, 0.5) is 14.5 Å². The molecule has 17 heavy (non-hydrogen) atoms. The Morgan fingerprint density at radius 1 is 1.29 bits per heavy atom. The van der Waals surface area contributed by atoms with Crippen LogP contribution < -0.4 is 5.32 Å². The molecule has 1 heterocycles. The van der Waals surface area contributed by atoms with Crippen LogP contribution in [0.2, 0.25) is 0 Å². The summed E-state index contributed by atoms with van der Waals surface area (Å²) in [5.74, 6) is -0.755. The van der Waals surface area contributed by atoms with Gasteiger partial charge in [0.05, 0.1) is 6.20 Å². The van der Waals surface area contributed by atoms with E-state index in [1.54, 1.807) is 12.1 Å². The number of nitrogens with one attached hydrogen (secondary N) is 1. The maximum Gasteiger partial charge on any atom is 0.315 e. The second-order valence-electron chi connectivity index (χ2n) is 3.23. The molecule has 2 aromatic rings. The molecule has 0 unspecified atom stereocenters. The molecule has 88 valence electrons. The molecule has 0 fully saturated rings. The van der Waals surface area contributed by atoms with Crippen molar-refractivity contribution in [3.8, 4) is 11.3 Å². The Kier molecular flexibility index (Phi) is 3.13. The lowest BCUT2D eigenvalue weighted by atomic mass is 10.2. The van der Waals surface area contributed by atoms with Gasteiger partial charge in [-0.3, -0.25) is 4.79 Å². The zero-order valence-electron chi connectivity index (χ0n) is 8.56. The molecule has 0 spiro atoms. The second kappa shape index (κ2) is 4.73. The first-order valence-electron chi connectivity index (χ1n) is 4.75. The van der Waals surface area contributed by atoms with Gasteiger partial charge in [0.25, 0.3) is 5.91 Å². The van der Waals surface area contributed by atoms with Crippen LogP contribution in [0.5, 0.6) is 0 Å². The fourth-order valence-corrected chi connectivity index (χ4v) is 1.27. The highest BCUT2D eigenvalue weighted by Crippen LogP contribution is 2.20. The lowest BCUT2D eigenvalue weighted by Gasteiger charge is -2.04. The highest BCUT2D eigenvalue weighted by Gasteiger charge is 2.14. The predicted molar refractivity (Wildman–Crippen MR) is 56.6 cm³/mol. The summed E-state index contributed by atoms with van der Waals surface area (Å²) < 4.78 is 29.0. The molecule has 0 saturated heterocycles. The van der Waals surface area contributed by atoms with Crippen LogP contribution in [0.15, 0.2) is 41.3 Å². The molecule has 0 radical (unpaired) electrons. The minimum Gasteiger partial charge on any atom is -0.444 e. The number of hydrogen-bond acceptors (Lipinski definition) is 3. The van der Waals surface area contributed by atoms with Crippen LogP contribution >= 0.6 is 0 Å². The van der Waals surface area contributed by atoms with Gasteiger partial charge in [0.2, 0.25) is 0 Å². The standard InChI is InChI=1S/C11H8F2N2O2/c12-10(13)11(16)15-8-3-1-7(2-4-8)9-5-14-6-17-9/h1-6,10H,(H,15,16). The Balaban J connectivity index is 2.11. The van der Waals surface area contributed by atoms with E-state index in [9.17, 15) is 13.6 Å². The summed E-state index contributed by atoms with van der Waals surface area (Å²) in [4.78, 5) is 14.5. The summed E-state index contributed by atoms with van der Waals surface area (Å²) in [5.41, 5.74) is 1.05. The van der Waals surface area contributed by atoms with Crippen LogP contribution in [0.25, 0.3) is 11.3 Å². The summed E-state index contributed by atoms with van der Waals surface area (Å²) >= 11 is 0. The number of benzene rings is 1. The zero-order valence-corrected chi connectivity index (χ0v) is 8.56. The molecule has 6 heteroatoms. The van der Waals surface area contributed by atoms with Gasteiger partial charge in [-0.05, 0) is 24.3 Å². The first kappa shape index (κ1) is 11.3. The number of carbonyl (C=O) groups excluding carboxylic acids is 1. The molecule has 1 N–H and O–H groups in total. The first-order chi connectivity index (χ1) is 8.16. The number of oxazole rings is 1. The van der Waals surface area contributed by atoms with E-state index in [4.69, 9.17) is 4.42 Å². The van der Waals surface area contributed by atoms with Crippen molar-refractivity contribution in [2.45, 2.75) is 6.43 Å². The summed E-state index contributed by atoms with van der Waals surface area (Å²) in [5, 5.41) is 2.08. The molecule has 0 bridgehead atoms. The third-order valence-corrected chi connectivity index (χ3v) is 2.07. The number of amides is 1. The number of rotatable bonds is 3. The third kappa shape index (κ3) is 2.66. The second-order valence-corrected chi connectivity index (χ2v) is 3.23. The van der Waals surface area contributed by atoms with E-state index in [0.29, 0.717) is 11.4 Å². The van der Waals surface area contributed by atoms with Gasteiger partial charge in [-0.1, -0.05) is 0 Å². The molecule has 0 aliphatic heterocycles.